The van der Waals surface area contributed by atoms with Gasteiger partial charge in [-0.1, -0.05) is 41.5 Å². The van der Waals surface area contributed by atoms with E-state index in [4.69, 9.17) is 14.2 Å². The Labute approximate surface area is 150 Å². The maximum atomic E-state index is 10.0. The number of benzene rings is 1. The summed E-state index contributed by atoms with van der Waals surface area (Å²) in [5, 5.41) is 20.0. The molecule has 2 N–H and O–H groups in total. The van der Waals surface area contributed by atoms with E-state index >= 15 is 0 Å². The van der Waals surface area contributed by atoms with Gasteiger partial charge in [-0.3, -0.25) is 0 Å². The average molecular weight is 352 g/mol. The van der Waals surface area contributed by atoms with Crippen LogP contribution in [0.25, 0.3) is 0 Å². The van der Waals surface area contributed by atoms with Crippen molar-refractivity contribution in [3.63, 3.8) is 0 Å². The molecule has 1 aromatic carbocycles. The smallest absolute Gasteiger partial charge is 0.119 e. The van der Waals surface area contributed by atoms with Crippen molar-refractivity contribution in [2.45, 2.75) is 64.6 Å². The van der Waals surface area contributed by atoms with E-state index in [-0.39, 0.29) is 22.3 Å². The third-order valence-electron chi connectivity index (χ3n) is 4.14. The molecule has 0 radical (unpaired) electrons. The van der Waals surface area contributed by atoms with Crippen LogP contribution in [0.4, 0.5) is 0 Å². The number of ether oxygens (including phenoxy) is 3. The standard InChI is InChI=1S/C14H22O2.C6H10O3/c1-13(2,3)9-7-12(16)10(8-11(9)15)14(4,5)6;1(5-3-8-5)7-2-6-4-9-6/h7-8,15-16H,1-6H3;5-6H,1-4H2. The molecule has 0 aromatic heterocycles. The highest BCUT2D eigenvalue weighted by atomic mass is 16.6. The Morgan fingerprint density at radius 2 is 1.16 bits per heavy atom. The van der Waals surface area contributed by atoms with Gasteiger partial charge >= 0.3 is 0 Å². The van der Waals surface area contributed by atoms with Gasteiger partial charge < -0.3 is 24.4 Å². The molecule has 0 saturated carbocycles. The highest BCUT2D eigenvalue weighted by Gasteiger charge is 2.26. The molecule has 0 spiro atoms. The van der Waals surface area contributed by atoms with E-state index in [1.807, 2.05) is 41.5 Å². The molecule has 142 valence electrons. The molecule has 2 aliphatic heterocycles. The van der Waals surface area contributed by atoms with Gasteiger partial charge in [-0.15, -0.1) is 0 Å². The monoisotopic (exact) mass is 352 g/mol. The lowest BCUT2D eigenvalue weighted by Crippen LogP contribution is -2.15. The molecule has 0 bridgehead atoms. The molecular weight excluding hydrogens is 320 g/mol. The number of aromatic hydroxyl groups is 2. The minimum absolute atomic E-state index is 0.169. The van der Waals surface area contributed by atoms with Gasteiger partial charge in [0.25, 0.3) is 0 Å². The lowest BCUT2D eigenvalue weighted by atomic mass is 9.81. The molecule has 5 nitrogen and oxygen atoms in total. The fraction of sp³-hybridized carbons (Fsp3) is 0.700. The minimum atomic E-state index is -0.169. The lowest BCUT2D eigenvalue weighted by molar-refractivity contribution is 0.102. The van der Waals surface area contributed by atoms with E-state index in [0.29, 0.717) is 12.2 Å². The van der Waals surface area contributed by atoms with Crippen molar-refractivity contribution in [2.24, 2.45) is 0 Å². The van der Waals surface area contributed by atoms with Crippen LogP contribution >= 0.6 is 0 Å². The summed E-state index contributed by atoms with van der Waals surface area (Å²) in [7, 11) is 0. The van der Waals surface area contributed by atoms with E-state index in [1.54, 1.807) is 12.1 Å². The van der Waals surface area contributed by atoms with Crippen molar-refractivity contribution in [1.82, 2.24) is 0 Å². The first-order valence-corrected chi connectivity index (χ1v) is 8.86. The molecule has 0 aliphatic carbocycles. The maximum Gasteiger partial charge on any atom is 0.119 e. The van der Waals surface area contributed by atoms with Crippen LogP contribution < -0.4 is 0 Å². The van der Waals surface area contributed by atoms with Crippen molar-refractivity contribution < 1.29 is 24.4 Å². The summed E-state index contributed by atoms with van der Waals surface area (Å²) in [6.07, 6.45) is 0.785. The molecule has 3 rings (SSSR count). The Morgan fingerprint density at radius 1 is 0.840 bits per heavy atom. The molecule has 2 unspecified atom stereocenters. The van der Waals surface area contributed by atoms with Crippen LogP contribution in [0.1, 0.15) is 52.7 Å². The van der Waals surface area contributed by atoms with Gasteiger partial charge in [0, 0.05) is 11.1 Å². The predicted octanol–water partition coefficient (Wildman–Crippen LogP) is 3.49. The number of hydrogen-bond acceptors (Lipinski definition) is 5. The first kappa shape index (κ1) is 20.0. The number of hydrogen-bond donors (Lipinski definition) is 2. The van der Waals surface area contributed by atoms with E-state index < -0.39 is 0 Å². The molecule has 2 atom stereocenters. The third kappa shape index (κ3) is 6.49. The molecule has 2 saturated heterocycles. The van der Waals surface area contributed by atoms with Crippen molar-refractivity contribution in [2.75, 3.05) is 26.4 Å². The van der Waals surface area contributed by atoms with Crippen molar-refractivity contribution in [3.05, 3.63) is 23.3 Å². The SMILES string of the molecule is C(OCC1CO1)C1CO1.CC(C)(C)c1cc(O)c(C(C)(C)C)cc1O. The molecule has 2 fully saturated rings. The average Bonchev–Trinajstić information content (AvgIpc) is 3.33. The Balaban J connectivity index is 0.000000208. The van der Waals surface area contributed by atoms with Crippen molar-refractivity contribution in [1.29, 1.82) is 0 Å². The van der Waals surface area contributed by atoms with Crippen LogP contribution in [-0.2, 0) is 25.0 Å². The molecular formula is C20H32O5. The number of rotatable bonds is 4. The van der Waals surface area contributed by atoms with E-state index in [2.05, 4.69) is 0 Å². The second kappa shape index (κ2) is 7.52. The van der Waals surface area contributed by atoms with Crippen LogP contribution in [0.3, 0.4) is 0 Å². The Morgan fingerprint density at radius 3 is 1.40 bits per heavy atom. The summed E-state index contributed by atoms with van der Waals surface area (Å²) < 4.78 is 15.1. The van der Waals surface area contributed by atoms with Crippen LogP contribution in [-0.4, -0.2) is 48.8 Å². The van der Waals surface area contributed by atoms with Gasteiger partial charge in [0.15, 0.2) is 0 Å². The second-order valence-corrected chi connectivity index (χ2v) is 8.83. The van der Waals surface area contributed by atoms with Gasteiger partial charge in [-0.05, 0) is 23.0 Å². The summed E-state index contributed by atoms with van der Waals surface area (Å²) in [5.74, 6) is 0.519. The molecule has 25 heavy (non-hydrogen) atoms. The molecule has 5 heteroatoms. The van der Waals surface area contributed by atoms with Crippen LogP contribution in [0.15, 0.2) is 12.1 Å². The van der Waals surface area contributed by atoms with Gasteiger partial charge in [-0.2, -0.15) is 0 Å². The topological polar surface area (TPSA) is 74.8 Å². The Kier molecular flexibility index (Phi) is 6.02. The van der Waals surface area contributed by atoms with E-state index in [9.17, 15) is 10.2 Å². The van der Waals surface area contributed by atoms with Crippen LogP contribution in [0, 0.1) is 0 Å². The van der Waals surface area contributed by atoms with Crippen LogP contribution in [0.5, 0.6) is 11.5 Å². The lowest BCUT2D eigenvalue weighted by Gasteiger charge is -2.25. The molecule has 2 heterocycles. The Bertz CT molecular complexity index is 523. The number of phenolic OH excluding ortho intramolecular Hbond substituents is 2. The summed E-state index contributed by atoms with van der Waals surface area (Å²) in [4.78, 5) is 0. The van der Waals surface area contributed by atoms with E-state index in [1.165, 1.54) is 0 Å². The number of phenols is 2. The Hall–Kier alpha value is -1.30. The maximum absolute atomic E-state index is 10.0. The zero-order valence-electron chi connectivity index (χ0n) is 16.3. The zero-order chi connectivity index (χ0) is 18.8. The highest BCUT2D eigenvalue weighted by molar-refractivity contribution is 5.50. The zero-order valence-corrected chi connectivity index (χ0v) is 16.3. The highest BCUT2D eigenvalue weighted by Crippen LogP contribution is 2.39. The van der Waals surface area contributed by atoms with Gasteiger partial charge in [0.05, 0.1) is 26.4 Å². The van der Waals surface area contributed by atoms with Gasteiger partial charge in [-0.25, -0.2) is 0 Å². The number of epoxide rings is 2. The fourth-order valence-corrected chi connectivity index (χ4v) is 2.44. The third-order valence-corrected chi connectivity index (χ3v) is 4.14. The first-order chi connectivity index (χ1) is 11.5. The van der Waals surface area contributed by atoms with Crippen LogP contribution in [0.2, 0.25) is 0 Å². The first-order valence-electron chi connectivity index (χ1n) is 8.86. The van der Waals surface area contributed by atoms with Gasteiger partial charge in [0.2, 0.25) is 0 Å². The molecule has 1 aromatic rings. The summed E-state index contributed by atoms with van der Waals surface area (Å²) in [5.41, 5.74) is 1.21. The molecule has 2 aliphatic rings. The summed E-state index contributed by atoms with van der Waals surface area (Å²) in [6.45, 7) is 15.3. The van der Waals surface area contributed by atoms with Crippen molar-refractivity contribution in [3.8, 4) is 11.5 Å². The fourth-order valence-electron chi connectivity index (χ4n) is 2.44. The van der Waals surface area contributed by atoms with Gasteiger partial charge in [0.1, 0.15) is 23.7 Å². The van der Waals surface area contributed by atoms with E-state index in [0.717, 1.165) is 37.6 Å². The predicted molar refractivity (Wildman–Crippen MR) is 97.5 cm³/mol. The normalized spacial score (nSPS) is 22.2. The quantitative estimate of drug-likeness (QED) is 0.641. The summed E-state index contributed by atoms with van der Waals surface area (Å²) >= 11 is 0. The molecule has 0 amide bonds. The minimum Gasteiger partial charge on any atom is -0.508 e. The second-order valence-electron chi connectivity index (χ2n) is 8.83. The summed E-state index contributed by atoms with van der Waals surface area (Å²) in [6, 6.07) is 3.35. The largest absolute Gasteiger partial charge is 0.508 e. The van der Waals surface area contributed by atoms with Crippen molar-refractivity contribution >= 4 is 0 Å².